The van der Waals surface area contributed by atoms with Crippen molar-refractivity contribution in [3.63, 3.8) is 0 Å². The molecule has 0 N–H and O–H groups in total. The third kappa shape index (κ3) is 58.5. The molecule has 0 aromatic heterocycles. The van der Waals surface area contributed by atoms with Crippen molar-refractivity contribution in [2.75, 3.05) is 13.2 Å². The maximum absolute atomic E-state index is 12.8. The second kappa shape index (κ2) is 61.2. The molecule has 1 unspecified atom stereocenters. The summed E-state index contributed by atoms with van der Waals surface area (Å²) in [6.45, 7) is 6.62. The van der Waals surface area contributed by atoms with Crippen molar-refractivity contribution >= 4 is 17.9 Å². The van der Waals surface area contributed by atoms with Gasteiger partial charge in [0.1, 0.15) is 13.2 Å². The van der Waals surface area contributed by atoms with Crippen LogP contribution < -0.4 is 0 Å². The Balaban J connectivity index is 4.04. The lowest BCUT2D eigenvalue weighted by molar-refractivity contribution is -0.167. The molecule has 0 heterocycles. The number of esters is 3. The van der Waals surface area contributed by atoms with Crippen LogP contribution in [0.15, 0.2) is 36.5 Å². The summed E-state index contributed by atoms with van der Waals surface area (Å²) in [5, 5.41) is 0. The quantitative estimate of drug-likeness (QED) is 0.0261. The average Bonchev–Trinajstić information content (AvgIpc) is 3.38. The van der Waals surface area contributed by atoms with E-state index in [9.17, 15) is 14.4 Å². The number of unbranched alkanes of at least 4 members (excludes halogenated alkanes) is 42. The summed E-state index contributed by atoms with van der Waals surface area (Å²) in [6.07, 6.45) is 74.8. The molecule has 0 fully saturated rings. The van der Waals surface area contributed by atoms with E-state index in [2.05, 4.69) is 57.2 Å². The van der Waals surface area contributed by atoms with Gasteiger partial charge >= 0.3 is 17.9 Å². The van der Waals surface area contributed by atoms with Crippen molar-refractivity contribution in [1.29, 1.82) is 0 Å². The number of allylic oxidation sites excluding steroid dienone is 6. The van der Waals surface area contributed by atoms with Gasteiger partial charge < -0.3 is 14.2 Å². The van der Waals surface area contributed by atoms with Crippen molar-refractivity contribution in [1.82, 2.24) is 0 Å². The molecule has 6 heteroatoms. The summed E-state index contributed by atoms with van der Waals surface area (Å²) in [6, 6.07) is 0. The van der Waals surface area contributed by atoms with Crippen LogP contribution in [0.25, 0.3) is 0 Å². The molecular weight excluding hydrogens is 889 g/mol. The van der Waals surface area contributed by atoms with Crippen LogP contribution in [-0.2, 0) is 28.6 Å². The lowest BCUT2D eigenvalue weighted by Gasteiger charge is -2.18. The standard InChI is InChI=1S/C66H122O6/c1-4-7-10-13-16-18-20-22-24-26-28-30-31-32-33-34-35-37-38-40-42-44-46-48-50-53-56-59-65(68)71-62-63(61-70-64(67)58-55-52-15-12-9-6-3)72-66(69)60-57-54-51-49-47-45-43-41-39-36-29-27-25-23-21-19-17-14-11-8-5-2/h20,22,26,28,31-32,63H,4-19,21,23-25,27,29-30,33-62H2,1-3H3/b22-20-,28-26-,32-31-. The molecule has 6 nitrogen and oxygen atoms in total. The fourth-order valence-electron chi connectivity index (χ4n) is 9.57. The van der Waals surface area contributed by atoms with E-state index in [4.69, 9.17) is 14.2 Å². The van der Waals surface area contributed by atoms with Crippen LogP contribution in [0.2, 0.25) is 0 Å². The molecule has 1 atom stereocenters. The van der Waals surface area contributed by atoms with Gasteiger partial charge in [0.2, 0.25) is 0 Å². The van der Waals surface area contributed by atoms with Crippen LogP contribution in [0, 0.1) is 0 Å². The largest absolute Gasteiger partial charge is 0.462 e. The number of carbonyl (C=O) groups is 3. The van der Waals surface area contributed by atoms with Gasteiger partial charge in [-0.3, -0.25) is 14.4 Å². The summed E-state index contributed by atoms with van der Waals surface area (Å²) in [5.74, 6) is -0.858. The van der Waals surface area contributed by atoms with Gasteiger partial charge in [0.25, 0.3) is 0 Å². The van der Waals surface area contributed by atoms with Crippen LogP contribution in [-0.4, -0.2) is 37.2 Å². The van der Waals surface area contributed by atoms with Gasteiger partial charge in [-0.05, 0) is 57.8 Å². The molecule has 0 saturated carbocycles. The second-order valence-electron chi connectivity index (χ2n) is 21.7. The minimum absolute atomic E-state index is 0.0686. The summed E-state index contributed by atoms with van der Waals surface area (Å²) in [7, 11) is 0. The molecule has 422 valence electrons. The van der Waals surface area contributed by atoms with Crippen molar-refractivity contribution < 1.29 is 28.6 Å². The Morgan fingerprint density at radius 3 is 0.778 bits per heavy atom. The Morgan fingerprint density at radius 2 is 0.500 bits per heavy atom. The molecule has 0 aromatic carbocycles. The van der Waals surface area contributed by atoms with Gasteiger partial charge in [-0.2, -0.15) is 0 Å². The Morgan fingerprint density at radius 1 is 0.278 bits per heavy atom. The van der Waals surface area contributed by atoms with Crippen molar-refractivity contribution in [2.45, 2.75) is 354 Å². The number of hydrogen-bond donors (Lipinski definition) is 0. The number of ether oxygens (including phenoxy) is 3. The predicted molar refractivity (Wildman–Crippen MR) is 312 cm³/mol. The zero-order valence-electron chi connectivity index (χ0n) is 48.5. The Kier molecular flexibility index (Phi) is 59.2. The number of hydrogen-bond acceptors (Lipinski definition) is 6. The predicted octanol–water partition coefficient (Wildman–Crippen LogP) is 21.6. The Hall–Kier alpha value is -2.37. The smallest absolute Gasteiger partial charge is 0.306 e. The van der Waals surface area contributed by atoms with Gasteiger partial charge in [0, 0.05) is 19.3 Å². The third-order valence-corrected chi connectivity index (χ3v) is 14.4. The number of carbonyl (C=O) groups excluding carboxylic acids is 3. The zero-order valence-corrected chi connectivity index (χ0v) is 48.5. The van der Waals surface area contributed by atoms with Crippen LogP contribution in [0.5, 0.6) is 0 Å². The fraction of sp³-hybridized carbons (Fsp3) is 0.864. The average molecular weight is 1010 g/mol. The van der Waals surface area contributed by atoms with Crippen molar-refractivity contribution in [2.24, 2.45) is 0 Å². The summed E-state index contributed by atoms with van der Waals surface area (Å²) < 4.78 is 16.8. The molecule has 0 bridgehead atoms. The van der Waals surface area contributed by atoms with Gasteiger partial charge in [0.15, 0.2) is 6.10 Å². The molecule has 0 aliphatic rings. The lowest BCUT2D eigenvalue weighted by atomic mass is 10.0. The minimum Gasteiger partial charge on any atom is -0.462 e. The molecule has 0 spiro atoms. The van der Waals surface area contributed by atoms with Gasteiger partial charge in [-0.1, -0.05) is 308 Å². The second-order valence-corrected chi connectivity index (χ2v) is 21.7. The topological polar surface area (TPSA) is 78.9 Å². The normalized spacial score (nSPS) is 12.2. The molecule has 72 heavy (non-hydrogen) atoms. The van der Waals surface area contributed by atoms with Gasteiger partial charge in [0.05, 0.1) is 0 Å². The highest BCUT2D eigenvalue weighted by Gasteiger charge is 2.19. The SMILES string of the molecule is CCCCCCC/C=C\C/C=C\C/C=C\CCCCCCCCCCCCCCC(=O)OCC(COC(=O)CCCCCCCC)OC(=O)CCCCCCCCCCCCCCCCCCCCCCC. The maximum atomic E-state index is 12.8. The molecule has 0 aliphatic heterocycles. The highest BCUT2D eigenvalue weighted by Crippen LogP contribution is 2.18. The fourth-order valence-corrected chi connectivity index (χ4v) is 9.57. The van der Waals surface area contributed by atoms with E-state index in [0.717, 1.165) is 70.6 Å². The van der Waals surface area contributed by atoms with Gasteiger partial charge in [-0.15, -0.1) is 0 Å². The van der Waals surface area contributed by atoms with Crippen LogP contribution >= 0.6 is 0 Å². The van der Waals surface area contributed by atoms with E-state index >= 15 is 0 Å². The first-order chi connectivity index (χ1) is 35.5. The molecule has 0 saturated heterocycles. The zero-order chi connectivity index (χ0) is 52.2. The van der Waals surface area contributed by atoms with Crippen molar-refractivity contribution in [3.05, 3.63) is 36.5 Å². The molecule has 0 rings (SSSR count). The third-order valence-electron chi connectivity index (χ3n) is 14.4. The Labute approximate surface area is 448 Å². The van der Waals surface area contributed by atoms with E-state index in [0.29, 0.717) is 19.3 Å². The molecular formula is C66H122O6. The summed E-state index contributed by atoms with van der Waals surface area (Å²) in [5.41, 5.74) is 0. The summed E-state index contributed by atoms with van der Waals surface area (Å²) in [4.78, 5) is 38.0. The molecule has 0 aliphatic carbocycles. The highest BCUT2D eigenvalue weighted by molar-refractivity contribution is 5.71. The molecule has 0 aromatic rings. The molecule has 0 radical (unpaired) electrons. The minimum atomic E-state index is -0.767. The van der Waals surface area contributed by atoms with E-state index in [1.54, 1.807) is 0 Å². The molecule has 0 amide bonds. The lowest BCUT2D eigenvalue weighted by Crippen LogP contribution is -2.30. The van der Waals surface area contributed by atoms with Crippen molar-refractivity contribution in [3.8, 4) is 0 Å². The van der Waals surface area contributed by atoms with Crippen LogP contribution in [0.4, 0.5) is 0 Å². The maximum Gasteiger partial charge on any atom is 0.306 e. The first kappa shape index (κ1) is 69.6. The summed E-state index contributed by atoms with van der Waals surface area (Å²) >= 11 is 0. The van der Waals surface area contributed by atoms with E-state index in [-0.39, 0.29) is 31.1 Å². The van der Waals surface area contributed by atoms with E-state index < -0.39 is 6.10 Å². The van der Waals surface area contributed by atoms with Gasteiger partial charge in [-0.25, -0.2) is 0 Å². The number of rotatable bonds is 59. The first-order valence-corrected chi connectivity index (χ1v) is 32.0. The first-order valence-electron chi connectivity index (χ1n) is 32.0. The van der Waals surface area contributed by atoms with Crippen LogP contribution in [0.1, 0.15) is 348 Å². The monoisotopic (exact) mass is 1010 g/mol. The Bertz CT molecular complexity index is 1210. The van der Waals surface area contributed by atoms with Crippen LogP contribution in [0.3, 0.4) is 0 Å². The highest BCUT2D eigenvalue weighted by atomic mass is 16.6. The van der Waals surface area contributed by atoms with E-state index in [1.165, 1.54) is 238 Å². The van der Waals surface area contributed by atoms with E-state index in [1.807, 2.05) is 0 Å².